The first-order valence-corrected chi connectivity index (χ1v) is 8.99. The van der Waals surface area contributed by atoms with Crippen LogP contribution in [0.5, 0.6) is 0 Å². The van der Waals surface area contributed by atoms with Crippen molar-refractivity contribution < 1.29 is 0 Å². The van der Waals surface area contributed by atoms with Crippen LogP contribution in [0.15, 0.2) is 30.5 Å². The van der Waals surface area contributed by atoms with E-state index in [9.17, 15) is 0 Å². The maximum absolute atomic E-state index is 4.71. The Hall–Kier alpha value is -3.09. The van der Waals surface area contributed by atoms with Crippen molar-refractivity contribution >= 4 is 39.5 Å². The summed E-state index contributed by atoms with van der Waals surface area (Å²) in [4.78, 5) is 17.1. The summed E-state index contributed by atoms with van der Waals surface area (Å²) in [5.41, 5.74) is 3.83. The number of H-pyrrole nitrogens is 1. The molecule has 1 aliphatic rings. The van der Waals surface area contributed by atoms with Gasteiger partial charge in [-0.2, -0.15) is 9.97 Å². The predicted molar refractivity (Wildman–Crippen MR) is 104 cm³/mol. The second kappa shape index (κ2) is 5.72. The molecule has 1 fully saturated rings. The molecular weight excluding hydrogens is 326 g/mol. The molecule has 0 saturated heterocycles. The van der Waals surface area contributed by atoms with Gasteiger partial charge in [-0.05, 0) is 50.5 Å². The van der Waals surface area contributed by atoms with Crippen LogP contribution in [-0.4, -0.2) is 30.5 Å². The average Bonchev–Trinajstić information content (AvgIpc) is 3.16. The molecule has 1 saturated carbocycles. The predicted octanol–water partition coefficient (Wildman–Crippen LogP) is 3.86. The molecule has 1 aromatic carbocycles. The Bertz CT molecular complexity index is 1100. The Morgan fingerprint density at radius 3 is 2.85 bits per heavy atom. The average molecular weight is 347 g/mol. The van der Waals surface area contributed by atoms with Gasteiger partial charge in [0.05, 0.1) is 16.4 Å². The van der Waals surface area contributed by atoms with Gasteiger partial charge >= 0.3 is 0 Å². The minimum Gasteiger partial charge on any atom is -0.367 e. The third-order valence-electron chi connectivity index (χ3n) is 5.22. The summed E-state index contributed by atoms with van der Waals surface area (Å²) in [6.07, 6.45) is 5.59. The van der Waals surface area contributed by atoms with E-state index in [0.29, 0.717) is 12.0 Å². The van der Waals surface area contributed by atoms with Crippen molar-refractivity contribution in [3.05, 3.63) is 36.3 Å². The molecule has 26 heavy (non-hydrogen) atoms. The lowest BCUT2D eigenvalue weighted by molar-refractivity contribution is 0.445. The second-order valence-electron chi connectivity index (χ2n) is 6.95. The number of nitrogens with zero attached hydrogens (tertiary/aromatic N) is 4. The molecule has 5 rings (SSSR count). The van der Waals surface area contributed by atoms with Crippen LogP contribution in [0, 0.1) is 6.92 Å². The van der Waals surface area contributed by atoms with E-state index in [1.165, 1.54) is 19.3 Å². The topological polar surface area (TPSA) is 83.4 Å². The minimum absolute atomic E-state index is 0.517. The zero-order valence-corrected chi connectivity index (χ0v) is 14.9. The van der Waals surface area contributed by atoms with Gasteiger partial charge in [-0.15, -0.1) is 0 Å². The number of aryl methyl sites for hydroxylation is 2. The third-order valence-corrected chi connectivity index (χ3v) is 5.22. The number of fused-ring (bicyclic) bond motifs is 2. The van der Waals surface area contributed by atoms with Gasteiger partial charge in [0.1, 0.15) is 17.3 Å². The first kappa shape index (κ1) is 15.2. The van der Waals surface area contributed by atoms with E-state index in [1.807, 2.05) is 38.4 Å². The van der Waals surface area contributed by atoms with E-state index in [-0.39, 0.29) is 0 Å². The molecule has 3 aromatic heterocycles. The van der Waals surface area contributed by atoms with E-state index >= 15 is 0 Å². The number of hydrogen-bond acceptors (Lipinski definition) is 5. The summed E-state index contributed by atoms with van der Waals surface area (Å²) in [7, 11) is 2.03. The maximum Gasteiger partial charge on any atom is 0.231 e. The van der Waals surface area contributed by atoms with Crippen LogP contribution in [0.4, 0.5) is 17.5 Å². The lowest BCUT2D eigenvalue weighted by Gasteiger charge is -2.27. The molecule has 0 atom stereocenters. The summed E-state index contributed by atoms with van der Waals surface area (Å²) in [5, 5.41) is 7.90. The highest BCUT2D eigenvalue weighted by Gasteiger charge is 2.19. The summed E-state index contributed by atoms with van der Waals surface area (Å²) in [6, 6.07) is 8.67. The highest BCUT2D eigenvalue weighted by molar-refractivity contribution is 5.89. The molecule has 3 heterocycles. The van der Waals surface area contributed by atoms with Gasteiger partial charge in [-0.3, -0.25) is 0 Å². The van der Waals surface area contributed by atoms with Crippen LogP contribution in [0.2, 0.25) is 0 Å². The van der Waals surface area contributed by atoms with Crippen molar-refractivity contribution in [2.45, 2.75) is 32.2 Å². The molecule has 132 valence electrons. The fourth-order valence-electron chi connectivity index (χ4n) is 3.38. The third kappa shape index (κ3) is 2.47. The molecule has 0 spiro atoms. The van der Waals surface area contributed by atoms with Crippen molar-refractivity contribution in [1.29, 1.82) is 0 Å². The van der Waals surface area contributed by atoms with Crippen LogP contribution in [-0.2, 0) is 7.05 Å². The summed E-state index contributed by atoms with van der Waals surface area (Å²) >= 11 is 0. The molecule has 0 radical (unpaired) electrons. The highest BCUT2D eigenvalue weighted by atomic mass is 15.2. The van der Waals surface area contributed by atoms with Gasteiger partial charge in [0, 0.05) is 25.0 Å². The van der Waals surface area contributed by atoms with E-state index in [4.69, 9.17) is 4.98 Å². The number of anilines is 3. The zero-order valence-electron chi connectivity index (χ0n) is 14.9. The normalized spacial score (nSPS) is 14.7. The van der Waals surface area contributed by atoms with Gasteiger partial charge in [-0.1, -0.05) is 0 Å². The highest BCUT2D eigenvalue weighted by Crippen LogP contribution is 2.28. The van der Waals surface area contributed by atoms with E-state index in [1.54, 1.807) is 0 Å². The quantitative estimate of drug-likeness (QED) is 0.522. The Morgan fingerprint density at radius 1 is 1.15 bits per heavy atom. The molecule has 0 aliphatic heterocycles. The molecule has 3 N–H and O–H groups in total. The minimum atomic E-state index is 0.517. The Labute approximate surface area is 150 Å². The van der Waals surface area contributed by atoms with Crippen LogP contribution in [0.3, 0.4) is 0 Å². The van der Waals surface area contributed by atoms with Crippen molar-refractivity contribution in [3.8, 4) is 0 Å². The first-order chi connectivity index (χ1) is 12.7. The van der Waals surface area contributed by atoms with E-state index in [0.717, 1.165) is 39.4 Å². The maximum atomic E-state index is 4.71. The number of aromatic nitrogens is 5. The van der Waals surface area contributed by atoms with Gasteiger partial charge < -0.3 is 20.2 Å². The lowest BCUT2D eigenvalue weighted by atomic mass is 9.93. The Balaban J connectivity index is 1.50. The number of hydrogen-bond donors (Lipinski definition) is 3. The summed E-state index contributed by atoms with van der Waals surface area (Å²) in [5.74, 6) is 2.46. The van der Waals surface area contributed by atoms with Gasteiger partial charge in [0.15, 0.2) is 0 Å². The lowest BCUT2D eigenvalue weighted by Crippen LogP contribution is -2.27. The van der Waals surface area contributed by atoms with E-state index in [2.05, 4.69) is 36.2 Å². The smallest absolute Gasteiger partial charge is 0.231 e. The molecular formula is C19H21N7. The van der Waals surface area contributed by atoms with Gasteiger partial charge in [-0.25, -0.2) is 4.98 Å². The fourth-order valence-corrected chi connectivity index (χ4v) is 3.38. The van der Waals surface area contributed by atoms with Crippen molar-refractivity contribution in [2.75, 3.05) is 10.6 Å². The van der Waals surface area contributed by atoms with Gasteiger partial charge in [0.2, 0.25) is 5.95 Å². The SMILES string of the molecule is Cc1nc2cc(Nc3nc(NC4CCC4)c4cc[nH]c4n3)ccc2n1C. The molecule has 4 aromatic rings. The molecule has 0 unspecified atom stereocenters. The van der Waals surface area contributed by atoms with Crippen LogP contribution >= 0.6 is 0 Å². The van der Waals surface area contributed by atoms with Gasteiger partial charge in [0.25, 0.3) is 0 Å². The first-order valence-electron chi connectivity index (χ1n) is 8.99. The zero-order chi connectivity index (χ0) is 17.7. The molecule has 0 amide bonds. The van der Waals surface area contributed by atoms with E-state index < -0.39 is 0 Å². The number of nitrogens with one attached hydrogen (secondary N) is 3. The fraction of sp³-hybridized carbons (Fsp3) is 0.316. The summed E-state index contributed by atoms with van der Waals surface area (Å²) in [6.45, 7) is 2.01. The number of benzene rings is 1. The molecule has 7 nitrogen and oxygen atoms in total. The number of imidazole rings is 1. The Kier molecular flexibility index (Phi) is 3.34. The second-order valence-corrected chi connectivity index (χ2v) is 6.95. The van der Waals surface area contributed by atoms with Crippen molar-refractivity contribution in [2.24, 2.45) is 7.05 Å². The summed E-state index contributed by atoms with van der Waals surface area (Å²) < 4.78 is 2.08. The number of aromatic amines is 1. The van der Waals surface area contributed by atoms with Crippen LogP contribution < -0.4 is 10.6 Å². The molecule has 7 heteroatoms. The van der Waals surface area contributed by atoms with Crippen molar-refractivity contribution in [1.82, 2.24) is 24.5 Å². The number of rotatable bonds is 4. The van der Waals surface area contributed by atoms with Crippen molar-refractivity contribution in [3.63, 3.8) is 0 Å². The molecule has 1 aliphatic carbocycles. The Morgan fingerprint density at radius 2 is 2.04 bits per heavy atom. The standard InChI is InChI=1S/C19H21N7/c1-11-21-15-10-13(6-7-16(15)26(11)2)23-19-24-17-14(8-9-20-17)18(25-19)22-12-4-3-5-12/h6-10,12H,3-5H2,1-2H3,(H3,20,22,23,24,25). The monoisotopic (exact) mass is 347 g/mol. The van der Waals surface area contributed by atoms with Crippen LogP contribution in [0.25, 0.3) is 22.1 Å². The largest absolute Gasteiger partial charge is 0.367 e. The molecule has 0 bridgehead atoms. The van der Waals surface area contributed by atoms with Crippen LogP contribution in [0.1, 0.15) is 25.1 Å².